The maximum Gasteiger partial charge on any atom is 0.303 e. The summed E-state index contributed by atoms with van der Waals surface area (Å²) < 4.78 is 22.7. The summed E-state index contributed by atoms with van der Waals surface area (Å²) in [5.74, 6) is -1.00. The van der Waals surface area contributed by atoms with Gasteiger partial charge in [-0.25, -0.2) is 5.48 Å². The number of hydrogen-bond acceptors (Lipinski definition) is 9. The molecule has 2 amide bonds. The predicted octanol–water partition coefficient (Wildman–Crippen LogP) is 1.87. The second kappa shape index (κ2) is 13.7. The molecule has 0 aromatic carbocycles. The number of carbonyl (C=O) groups is 3. The fourth-order valence-electron chi connectivity index (χ4n) is 5.14. The standard InChI is InChI=1S/C28H42N2O9/c1-16(7-10-24-27(34)28(15-36-28)14-21(39-24)13-26(33)30-35)6-9-23-17(2)12-22(19(4)38-23)29-25(32)11-8-18(3)37-20(5)31/h6-8,10-11,17-19,21-24,27,34-35H,9,12-15H2,1-5H3,(H,29,32)(H,30,33)/b10-7+,11-8-,16-6+/t17-,18-,19+,21?,22+,23-,24?,27?,28+/m0/s1. The van der Waals surface area contributed by atoms with Crippen molar-refractivity contribution in [3.8, 4) is 0 Å². The van der Waals surface area contributed by atoms with E-state index in [2.05, 4.69) is 18.3 Å². The fraction of sp³-hybridized carbons (Fsp3) is 0.679. The monoisotopic (exact) mass is 550 g/mol. The Balaban J connectivity index is 1.50. The summed E-state index contributed by atoms with van der Waals surface area (Å²) in [6.07, 6.45) is 7.83. The number of carbonyl (C=O) groups excluding carboxylic acids is 3. The molecule has 218 valence electrons. The summed E-state index contributed by atoms with van der Waals surface area (Å²) in [5, 5.41) is 22.5. The molecule has 0 bridgehead atoms. The number of allylic oxidation sites excluding steroid dienone is 2. The quantitative estimate of drug-likeness (QED) is 0.0796. The Labute approximate surface area is 229 Å². The van der Waals surface area contributed by atoms with E-state index < -0.39 is 41.9 Å². The summed E-state index contributed by atoms with van der Waals surface area (Å²) in [4.78, 5) is 34.9. The van der Waals surface area contributed by atoms with Crippen molar-refractivity contribution in [3.05, 3.63) is 36.0 Å². The minimum Gasteiger partial charge on any atom is -0.459 e. The van der Waals surface area contributed by atoms with E-state index in [1.165, 1.54) is 13.0 Å². The van der Waals surface area contributed by atoms with Gasteiger partial charge in [-0.15, -0.1) is 0 Å². The first-order chi connectivity index (χ1) is 18.4. The van der Waals surface area contributed by atoms with Crippen LogP contribution in [-0.4, -0.2) is 83.0 Å². The van der Waals surface area contributed by atoms with Crippen molar-refractivity contribution in [1.29, 1.82) is 0 Å². The first-order valence-corrected chi connectivity index (χ1v) is 13.5. The predicted molar refractivity (Wildman–Crippen MR) is 140 cm³/mol. The topological polar surface area (TPSA) is 156 Å². The number of hydroxylamine groups is 1. The van der Waals surface area contributed by atoms with Crippen LogP contribution >= 0.6 is 0 Å². The number of hydrogen-bond donors (Lipinski definition) is 4. The lowest BCUT2D eigenvalue weighted by molar-refractivity contribution is -0.149. The fourth-order valence-corrected chi connectivity index (χ4v) is 5.14. The molecule has 4 N–H and O–H groups in total. The number of amides is 2. The molecule has 0 radical (unpaired) electrons. The van der Waals surface area contributed by atoms with Crippen LogP contribution in [0.3, 0.4) is 0 Å². The van der Waals surface area contributed by atoms with E-state index in [4.69, 9.17) is 24.2 Å². The first-order valence-electron chi connectivity index (χ1n) is 13.5. The maximum absolute atomic E-state index is 12.3. The number of epoxide rings is 1. The van der Waals surface area contributed by atoms with E-state index in [1.54, 1.807) is 24.6 Å². The van der Waals surface area contributed by atoms with Crippen molar-refractivity contribution in [3.63, 3.8) is 0 Å². The van der Waals surface area contributed by atoms with Gasteiger partial charge in [-0.1, -0.05) is 30.7 Å². The third-order valence-electron chi connectivity index (χ3n) is 7.46. The molecule has 3 fully saturated rings. The second-order valence-electron chi connectivity index (χ2n) is 10.9. The molecule has 3 saturated heterocycles. The zero-order valence-electron chi connectivity index (χ0n) is 23.3. The van der Waals surface area contributed by atoms with E-state index in [0.29, 0.717) is 19.4 Å². The Kier molecular flexibility index (Phi) is 10.9. The molecule has 11 heteroatoms. The zero-order valence-corrected chi connectivity index (χ0v) is 23.3. The van der Waals surface area contributed by atoms with Gasteiger partial charge in [-0.05, 0) is 45.6 Å². The average molecular weight is 551 g/mol. The van der Waals surface area contributed by atoms with Gasteiger partial charge in [0.2, 0.25) is 11.8 Å². The van der Waals surface area contributed by atoms with E-state index in [9.17, 15) is 19.5 Å². The van der Waals surface area contributed by atoms with Crippen LogP contribution in [-0.2, 0) is 33.3 Å². The highest BCUT2D eigenvalue weighted by molar-refractivity contribution is 5.87. The van der Waals surface area contributed by atoms with Crippen LogP contribution < -0.4 is 10.8 Å². The second-order valence-corrected chi connectivity index (χ2v) is 10.9. The lowest BCUT2D eigenvalue weighted by atomic mass is 9.87. The minimum absolute atomic E-state index is 0.0166. The molecule has 3 aliphatic rings. The highest BCUT2D eigenvalue weighted by Crippen LogP contribution is 2.43. The summed E-state index contributed by atoms with van der Waals surface area (Å²) in [6.45, 7) is 9.41. The molecule has 11 nitrogen and oxygen atoms in total. The molecule has 0 saturated carbocycles. The van der Waals surface area contributed by atoms with Crippen LogP contribution in [0, 0.1) is 5.92 Å². The van der Waals surface area contributed by atoms with Crippen molar-refractivity contribution >= 4 is 17.8 Å². The molecule has 0 aromatic rings. The lowest BCUT2D eigenvalue weighted by Crippen LogP contribution is -2.50. The molecular formula is C28H42N2O9. The number of ether oxygens (including phenoxy) is 4. The van der Waals surface area contributed by atoms with Crippen LogP contribution in [0.25, 0.3) is 0 Å². The zero-order chi connectivity index (χ0) is 28.7. The van der Waals surface area contributed by atoms with Gasteiger partial charge in [-0.2, -0.15) is 0 Å². The summed E-state index contributed by atoms with van der Waals surface area (Å²) in [5.41, 5.74) is 1.89. The van der Waals surface area contributed by atoms with E-state index in [1.807, 2.05) is 19.9 Å². The van der Waals surface area contributed by atoms with Crippen molar-refractivity contribution in [2.24, 2.45) is 5.92 Å². The van der Waals surface area contributed by atoms with Gasteiger partial charge in [0, 0.05) is 19.4 Å². The smallest absolute Gasteiger partial charge is 0.303 e. The molecule has 0 aliphatic carbocycles. The molecular weight excluding hydrogens is 508 g/mol. The Morgan fingerprint density at radius 3 is 2.54 bits per heavy atom. The van der Waals surface area contributed by atoms with Crippen molar-refractivity contribution < 1.29 is 43.6 Å². The summed E-state index contributed by atoms with van der Waals surface area (Å²) in [6, 6.07) is -0.134. The third-order valence-corrected chi connectivity index (χ3v) is 7.46. The molecule has 3 unspecified atom stereocenters. The maximum atomic E-state index is 12.3. The molecule has 3 aliphatic heterocycles. The first kappa shape index (κ1) is 31.0. The van der Waals surface area contributed by atoms with Crippen LogP contribution in [0.4, 0.5) is 0 Å². The average Bonchev–Trinajstić information content (AvgIpc) is 3.64. The number of esters is 1. The van der Waals surface area contributed by atoms with Gasteiger partial charge in [0.05, 0.1) is 37.4 Å². The molecule has 9 atom stereocenters. The van der Waals surface area contributed by atoms with Gasteiger partial charge >= 0.3 is 5.97 Å². The van der Waals surface area contributed by atoms with Gasteiger partial charge in [0.25, 0.3) is 0 Å². The number of rotatable bonds is 10. The van der Waals surface area contributed by atoms with E-state index in [-0.39, 0.29) is 36.5 Å². The van der Waals surface area contributed by atoms with Crippen LogP contribution in [0.15, 0.2) is 36.0 Å². The van der Waals surface area contributed by atoms with Crippen molar-refractivity contribution in [2.45, 2.75) is 109 Å². The number of aliphatic hydroxyl groups is 1. The Morgan fingerprint density at radius 1 is 1.18 bits per heavy atom. The van der Waals surface area contributed by atoms with Crippen LogP contribution in [0.1, 0.15) is 60.3 Å². The Hall–Kier alpha value is -2.57. The highest BCUT2D eigenvalue weighted by atomic mass is 16.6. The SMILES string of the molecule is CC(=O)O[C@@H](C)/C=C\C(=O)N[C@@H]1C[C@H](C)[C@H](C/C=C(C)/C=C/C2OC(CC(=O)NO)C[C@@]3(CO3)C2O)O[C@@H]1C. The number of nitrogens with one attached hydrogen (secondary N) is 2. The lowest BCUT2D eigenvalue weighted by Gasteiger charge is -2.39. The van der Waals surface area contributed by atoms with Crippen molar-refractivity contribution in [1.82, 2.24) is 10.8 Å². The van der Waals surface area contributed by atoms with Crippen LogP contribution in [0.2, 0.25) is 0 Å². The Bertz CT molecular complexity index is 974. The number of aliphatic hydroxyl groups excluding tert-OH is 1. The molecule has 3 rings (SSSR count). The molecule has 39 heavy (non-hydrogen) atoms. The van der Waals surface area contributed by atoms with Gasteiger partial charge < -0.3 is 29.4 Å². The molecule has 0 aromatic heterocycles. The van der Waals surface area contributed by atoms with Crippen LogP contribution in [0.5, 0.6) is 0 Å². The van der Waals surface area contributed by atoms with E-state index >= 15 is 0 Å². The minimum atomic E-state index is -0.843. The summed E-state index contributed by atoms with van der Waals surface area (Å²) >= 11 is 0. The summed E-state index contributed by atoms with van der Waals surface area (Å²) in [7, 11) is 0. The third kappa shape index (κ3) is 8.97. The van der Waals surface area contributed by atoms with Gasteiger partial charge in [-0.3, -0.25) is 19.6 Å². The van der Waals surface area contributed by atoms with Gasteiger partial charge in [0.1, 0.15) is 23.9 Å². The largest absolute Gasteiger partial charge is 0.459 e. The van der Waals surface area contributed by atoms with Crippen molar-refractivity contribution in [2.75, 3.05) is 6.61 Å². The Morgan fingerprint density at radius 2 is 1.90 bits per heavy atom. The normalized spacial score (nSPS) is 35.7. The van der Waals surface area contributed by atoms with Gasteiger partial charge in [0.15, 0.2) is 0 Å². The molecule has 3 heterocycles. The van der Waals surface area contributed by atoms with E-state index in [0.717, 1.165) is 12.0 Å². The highest BCUT2D eigenvalue weighted by Gasteiger charge is 2.58. The molecule has 1 spiro atoms.